The molecule has 13 heteroatoms. The van der Waals surface area contributed by atoms with Crippen LogP contribution in [0, 0.1) is 0 Å². The molecule has 34 heavy (non-hydrogen) atoms. The number of rotatable bonds is 5. The first kappa shape index (κ1) is 21.7. The van der Waals surface area contributed by atoms with Crippen LogP contribution in [0.15, 0.2) is 40.2 Å². The van der Waals surface area contributed by atoms with E-state index in [1.165, 1.54) is 28.9 Å². The summed E-state index contributed by atoms with van der Waals surface area (Å²) in [6, 6.07) is 4.59. The number of benzene rings is 1. The number of aromatic hydroxyl groups is 1. The van der Waals surface area contributed by atoms with E-state index in [2.05, 4.69) is 35.3 Å². The number of imidazole rings is 1. The van der Waals surface area contributed by atoms with Crippen molar-refractivity contribution in [3.63, 3.8) is 0 Å². The highest BCUT2D eigenvalue weighted by atomic mass is 19.4. The van der Waals surface area contributed by atoms with Crippen molar-refractivity contribution >= 4 is 17.7 Å². The van der Waals surface area contributed by atoms with Crippen LogP contribution in [0.1, 0.15) is 42.6 Å². The molecular weight excluding hydrogens is 453 g/mol. The van der Waals surface area contributed by atoms with Crippen LogP contribution in [0.2, 0.25) is 0 Å². The van der Waals surface area contributed by atoms with Crippen LogP contribution in [-0.2, 0) is 6.18 Å². The molecule has 1 aliphatic rings. The van der Waals surface area contributed by atoms with Crippen molar-refractivity contribution < 1.29 is 18.3 Å². The molecule has 0 saturated heterocycles. The first-order chi connectivity index (χ1) is 16.2. The molecule has 1 saturated carbocycles. The van der Waals surface area contributed by atoms with Gasteiger partial charge in [0.2, 0.25) is 11.8 Å². The van der Waals surface area contributed by atoms with Gasteiger partial charge in [-0.15, -0.1) is 0 Å². The summed E-state index contributed by atoms with van der Waals surface area (Å²) in [6.45, 7) is 1.78. The Morgan fingerprint density at radius 1 is 1.24 bits per heavy atom. The normalized spacial score (nSPS) is 16.4. The molecule has 5 rings (SSSR count). The summed E-state index contributed by atoms with van der Waals surface area (Å²) in [4.78, 5) is 29.7. The maximum absolute atomic E-state index is 12.9. The first-order valence-electron chi connectivity index (χ1n) is 10.4. The molecule has 10 nitrogen and oxygen atoms in total. The summed E-state index contributed by atoms with van der Waals surface area (Å²) in [5, 5.41) is 17.8. The first-order valence-corrected chi connectivity index (χ1v) is 10.4. The van der Waals surface area contributed by atoms with E-state index in [9.17, 15) is 23.1 Å². The van der Waals surface area contributed by atoms with Crippen molar-refractivity contribution in [2.45, 2.75) is 38.0 Å². The molecule has 1 aromatic carbocycles. The fraction of sp³-hybridized carbons (Fsp3) is 0.286. The van der Waals surface area contributed by atoms with Crippen molar-refractivity contribution in [1.29, 1.82) is 0 Å². The zero-order valence-electron chi connectivity index (χ0n) is 17.8. The molecule has 0 unspecified atom stereocenters. The lowest BCUT2D eigenvalue weighted by Crippen LogP contribution is -2.25. The van der Waals surface area contributed by atoms with Crippen LogP contribution in [0.25, 0.3) is 11.7 Å². The SMILES string of the molecule is C[C@H](Nc1nc(=NC2CC2)n2ncc(=Cc3[nH]c(=O)[nH]c3O)c2n1)c1ccc(C(F)(F)F)cc1. The number of hydrogen-bond acceptors (Lipinski definition) is 7. The Balaban J connectivity index is 1.54. The maximum Gasteiger partial charge on any atom is 0.416 e. The van der Waals surface area contributed by atoms with Gasteiger partial charge in [-0.3, -0.25) is 4.98 Å². The molecule has 0 aliphatic heterocycles. The third-order valence-electron chi connectivity index (χ3n) is 5.34. The predicted molar refractivity (Wildman–Crippen MR) is 115 cm³/mol. The number of anilines is 1. The fourth-order valence-corrected chi connectivity index (χ4v) is 3.38. The molecule has 4 aromatic rings. The molecule has 0 radical (unpaired) electrons. The highest BCUT2D eigenvalue weighted by molar-refractivity contribution is 5.57. The molecule has 3 aromatic heterocycles. The topological polar surface area (TPSA) is 136 Å². The largest absolute Gasteiger partial charge is 0.493 e. The molecule has 0 amide bonds. The summed E-state index contributed by atoms with van der Waals surface area (Å²) in [5.74, 6) is -0.114. The smallest absolute Gasteiger partial charge is 0.416 e. The second-order valence-electron chi connectivity index (χ2n) is 8.01. The van der Waals surface area contributed by atoms with Crippen molar-refractivity contribution in [2.75, 3.05) is 5.32 Å². The zero-order valence-corrected chi connectivity index (χ0v) is 17.8. The summed E-state index contributed by atoms with van der Waals surface area (Å²) in [5.41, 5.74) is 0.183. The van der Waals surface area contributed by atoms with Gasteiger partial charge >= 0.3 is 11.9 Å². The highest BCUT2D eigenvalue weighted by Gasteiger charge is 2.30. The summed E-state index contributed by atoms with van der Waals surface area (Å²) in [6.07, 6.45) is 0.482. The Kier molecular flexibility index (Phi) is 5.10. The van der Waals surface area contributed by atoms with Crippen LogP contribution in [-0.4, -0.2) is 40.7 Å². The van der Waals surface area contributed by atoms with E-state index in [1.54, 1.807) is 6.92 Å². The molecule has 1 aliphatic carbocycles. The van der Waals surface area contributed by atoms with Crippen LogP contribution in [0.5, 0.6) is 5.88 Å². The number of alkyl halides is 3. The number of nitrogens with zero attached hydrogens (tertiary/aromatic N) is 5. The summed E-state index contributed by atoms with van der Waals surface area (Å²) < 4.78 is 40.1. The van der Waals surface area contributed by atoms with Gasteiger partial charge in [0.1, 0.15) is 5.69 Å². The minimum atomic E-state index is -4.41. The third-order valence-corrected chi connectivity index (χ3v) is 5.34. The Morgan fingerprint density at radius 3 is 2.59 bits per heavy atom. The van der Waals surface area contributed by atoms with E-state index in [-0.39, 0.29) is 23.6 Å². The number of H-pyrrole nitrogens is 2. The van der Waals surface area contributed by atoms with Gasteiger partial charge in [-0.05, 0) is 43.5 Å². The van der Waals surface area contributed by atoms with Crippen LogP contribution >= 0.6 is 0 Å². The number of aromatic nitrogens is 6. The standard InChI is InChI=1S/C21H19F3N8O2/c1-10(11-2-4-13(5-3-11)21(22,23)24)26-18-29-16-12(8-15-17(33)30-20(34)28-15)9-25-32(16)19(31-18)27-14-6-7-14/h2-5,8-10,14,33H,6-7H2,1H3,(H,26,27,31)(H2,28,30,34)/t10-/m0/s1. The van der Waals surface area contributed by atoms with Crippen LogP contribution in [0.4, 0.5) is 19.1 Å². The van der Waals surface area contributed by atoms with Gasteiger partial charge < -0.3 is 15.4 Å². The Bertz CT molecular complexity index is 1530. The average molecular weight is 472 g/mol. The number of halogens is 3. The monoisotopic (exact) mass is 472 g/mol. The number of fused-ring (bicyclic) bond motifs is 1. The zero-order chi connectivity index (χ0) is 24.0. The molecule has 0 spiro atoms. The maximum atomic E-state index is 12.9. The minimum absolute atomic E-state index is 0.139. The Morgan fingerprint density at radius 2 is 1.97 bits per heavy atom. The van der Waals surface area contributed by atoms with Crippen LogP contribution < -0.4 is 21.8 Å². The van der Waals surface area contributed by atoms with Crippen molar-refractivity contribution in [1.82, 2.24) is 29.5 Å². The lowest BCUT2D eigenvalue weighted by atomic mass is 10.1. The van der Waals surface area contributed by atoms with Crippen molar-refractivity contribution in [3.8, 4) is 5.88 Å². The van der Waals surface area contributed by atoms with Gasteiger partial charge in [-0.1, -0.05) is 12.1 Å². The molecule has 4 N–H and O–H groups in total. The Hall–Kier alpha value is -4.16. The molecule has 176 valence electrons. The van der Waals surface area contributed by atoms with Gasteiger partial charge in [0.05, 0.1) is 23.8 Å². The van der Waals surface area contributed by atoms with Gasteiger partial charge in [0, 0.05) is 5.22 Å². The third kappa shape index (κ3) is 4.36. The molecule has 1 fully saturated rings. The lowest BCUT2D eigenvalue weighted by molar-refractivity contribution is -0.137. The summed E-state index contributed by atoms with van der Waals surface area (Å²) in [7, 11) is 0. The fourth-order valence-electron chi connectivity index (χ4n) is 3.38. The quantitative estimate of drug-likeness (QED) is 0.349. The minimum Gasteiger partial charge on any atom is -0.493 e. The van der Waals surface area contributed by atoms with E-state index < -0.39 is 23.5 Å². The van der Waals surface area contributed by atoms with Crippen LogP contribution in [0.3, 0.4) is 0 Å². The van der Waals surface area contributed by atoms with E-state index in [0.717, 1.165) is 25.0 Å². The van der Waals surface area contributed by atoms with E-state index in [1.807, 2.05) is 0 Å². The molecule has 3 heterocycles. The number of nitrogens with one attached hydrogen (secondary N) is 3. The van der Waals surface area contributed by atoms with Crippen molar-refractivity contribution in [3.05, 3.63) is 68.6 Å². The Labute approximate surface area is 188 Å². The molecular formula is C21H19F3N8O2. The van der Waals surface area contributed by atoms with Gasteiger partial charge in [0.25, 0.3) is 5.62 Å². The van der Waals surface area contributed by atoms with Gasteiger partial charge in [0.15, 0.2) is 5.65 Å². The van der Waals surface area contributed by atoms with E-state index >= 15 is 0 Å². The van der Waals surface area contributed by atoms with E-state index in [0.29, 0.717) is 22.0 Å². The highest BCUT2D eigenvalue weighted by Crippen LogP contribution is 2.30. The average Bonchev–Trinajstić information content (AvgIpc) is 3.42. The molecule has 1 atom stereocenters. The van der Waals surface area contributed by atoms with Gasteiger partial charge in [-0.25, -0.2) is 9.79 Å². The molecule has 0 bridgehead atoms. The van der Waals surface area contributed by atoms with Crippen molar-refractivity contribution in [2.24, 2.45) is 4.99 Å². The summed E-state index contributed by atoms with van der Waals surface area (Å²) >= 11 is 0. The number of hydrogen-bond donors (Lipinski definition) is 4. The lowest BCUT2D eigenvalue weighted by Gasteiger charge is -2.15. The second kappa shape index (κ2) is 8.01. The van der Waals surface area contributed by atoms with E-state index in [4.69, 9.17) is 0 Å². The number of aromatic amines is 2. The predicted octanol–water partition coefficient (Wildman–Crippen LogP) is 1.65. The second-order valence-corrected chi connectivity index (χ2v) is 8.01. The van der Waals surface area contributed by atoms with Gasteiger partial charge in [-0.2, -0.15) is 32.8 Å².